The number of imide groups is 1. The normalized spacial score (nSPS) is 15.8. The standard InChI is InChI=1S/C58H93N19O11S/c1-8-34(5)45(54(85)64-7)72-52(83)38(19-13-14-24-59)71-55(86)46(35(6)9-2)73-53(84)40(21-22-42(61)78)70-51(82)39(20-15-25-65-57(62)63)69-50(81)37(60)31-89-41-29-43(79)76(56(41)87)27-23-44(80)88-28-16-26-66-58-74-48(67-30-36-17-11-10-12-18-36)47-49(75-58)77(32-68-47)33(3)4/h10-12,17-18,32-35,37-41,45-46H,8-9,13-16,19-31,59-60H2,1-7H3,(H2,61,78)(H,64,85)(H,69,81)(H,70,82)(H,71,86)(H,72,83)(H,73,84)(H4,62,63,65)(H2,66,67,74,75)/t34?,35?,37-,38-,39-,40-,41?,45-,46-/m0/s1. The molecule has 1 fully saturated rings. The molecule has 1 aliphatic heterocycles. The highest BCUT2D eigenvalue weighted by Gasteiger charge is 2.40. The summed E-state index contributed by atoms with van der Waals surface area (Å²) in [7, 11) is 1.45. The number of likely N-dealkylation sites (tertiary alicyclic amines) is 1. The molecule has 9 amide bonds. The zero-order valence-corrected chi connectivity index (χ0v) is 53.0. The molecule has 9 atom stereocenters. The molecule has 30 nitrogen and oxygen atoms in total. The van der Waals surface area contributed by atoms with Gasteiger partial charge in [-0.2, -0.15) is 9.97 Å². The van der Waals surface area contributed by atoms with Crippen LogP contribution in [0.15, 0.2) is 41.7 Å². The number of imidazole rings is 1. The number of fused-ring (bicyclic) bond motifs is 1. The van der Waals surface area contributed by atoms with Gasteiger partial charge in [0.25, 0.3) is 0 Å². The molecule has 0 spiro atoms. The Kier molecular flexibility index (Phi) is 31.0. The molecule has 3 unspecified atom stereocenters. The average molecular weight is 1260 g/mol. The Hall–Kier alpha value is -8.19. The lowest BCUT2D eigenvalue weighted by molar-refractivity contribution is -0.145. The van der Waals surface area contributed by atoms with Gasteiger partial charge in [-0.1, -0.05) is 70.9 Å². The lowest BCUT2D eigenvalue weighted by atomic mass is 9.96. The maximum Gasteiger partial charge on any atom is 0.307 e. The number of nitrogens with one attached hydrogen (secondary N) is 8. The van der Waals surface area contributed by atoms with E-state index in [0.717, 1.165) is 22.2 Å². The van der Waals surface area contributed by atoms with Crippen LogP contribution in [0.4, 0.5) is 11.8 Å². The summed E-state index contributed by atoms with van der Waals surface area (Å²) in [5.41, 5.74) is 30.9. The number of unbranched alkanes of at least 4 members (excludes halogenated alkanes) is 1. The number of amides is 9. The Bertz CT molecular complexity index is 2890. The van der Waals surface area contributed by atoms with Crippen LogP contribution in [0.25, 0.3) is 11.2 Å². The average Bonchev–Trinajstić information content (AvgIpc) is 1.88. The molecule has 2 aromatic heterocycles. The first-order valence-corrected chi connectivity index (χ1v) is 31.4. The minimum absolute atomic E-state index is 0.0324. The van der Waals surface area contributed by atoms with Crippen molar-refractivity contribution in [3.8, 4) is 0 Å². The van der Waals surface area contributed by atoms with Crippen molar-refractivity contribution in [2.75, 3.05) is 56.2 Å². The number of nitrogens with zero attached hydrogens (tertiary/aromatic N) is 6. The Morgan fingerprint density at radius 3 is 1.96 bits per heavy atom. The molecule has 18 N–H and O–H groups in total. The highest BCUT2D eigenvalue weighted by atomic mass is 32.2. The number of esters is 1. The predicted octanol–water partition coefficient (Wildman–Crippen LogP) is -0.347. The number of primary amides is 1. The van der Waals surface area contributed by atoms with Crippen LogP contribution in [0.2, 0.25) is 0 Å². The van der Waals surface area contributed by atoms with E-state index < -0.39 is 107 Å². The van der Waals surface area contributed by atoms with E-state index in [4.69, 9.17) is 38.4 Å². The van der Waals surface area contributed by atoms with Gasteiger partial charge in [0.1, 0.15) is 30.2 Å². The van der Waals surface area contributed by atoms with Crippen molar-refractivity contribution in [2.45, 2.75) is 173 Å². The number of carbonyl (C=O) groups is 10. The van der Waals surface area contributed by atoms with E-state index >= 15 is 0 Å². The third kappa shape index (κ3) is 23.7. The molecule has 3 heterocycles. The van der Waals surface area contributed by atoms with Gasteiger partial charge in [0.15, 0.2) is 22.9 Å². The van der Waals surface area contributed by atoms with Crippen molar-refractivity contribution in [1.29, 1.82) is 0 Å². The minimum atomic E-state index is -1.49. The largest absolute Gasteiger partial charge is 0.466 e. The van der Waals surface area contributed by atoms with Crippen LogP contribution in [-0.2, 0) is 59.2 Å². The Morgan fingerprint density at radius 1 is 0.742 bits per heavy atom. The highest BCUT2D eigenvalue weighted by molar-refractivity contribution is 8.00. The Labute approximate surface area is 523 Å². The molecule has 31 heteroatoms. The molecule has 0 radical (unpaired) electrons. The molecule has 4 rings (SSSR count). The zero-order chi connectivity index (χ0) is 65.7. The number of ether oxygens (including phenoxy) is 1. The second-order valence-corrected chi connectivity index (χ2v) is 23.4. The number of guanidine groups is 1. The number of likely N-dealkylation sites (N-methyl/N-ethyl adjacent to an activating group) is 1. The molecule has 0 bridgehead atoms. The summed E-state index contributed by atoms with van der Waals surface area (Å²) >= 11 is 0.947. The summed E-state index contributed by atoms with van der Waals surface area (Å²) < 4.78 is 7.36. The van der Waals surface area contributed by atoms with E-state index in [1.54, 1.807) is 27.1 Å². The quantitative estimate of drug-likeness (QED) is 0.0114. The maximum atomic E-state index is 14.2. The number of aliphatic imine (C=N–C) groups is 1. The summed E-state index contributed by atoms with van der Waals surface area (Å²) in [6.07, 6.45) is 3.05. The number of hydrogen-bond acceptors (Lipinski definition) is 20. The number of carbonyl (C=O) groups excluding carboxylic acids is 10. The summed E-state index contributed by atoms with van der Waals surface area (Å²) in [5.74, 6) is -7.18. The third-order valence-electron chi connectivity index (χ3n) is 15.0. The van der Waals surface area contributed by atoms with Gasteiger partial charge in [-0.25, -0.2) is 4.98 Å². The number of benzene rings is 1. The molecule has 1 saturated heterocycles. The fraction of sp³-hybridized carbons (Fsp3) is 0.621. The first-order chi connectivity index (χ1) is 42.4. The van der Waals surface area contributed by atoms with Crippen LogP contribution < -0.4 is 71.2 Å². The molecule has 1 aromatic carbocycles. The van der Waals surface area contributed by atoms with Gasteiger partial charge in [0, 0.05) is 57.9 Å². The van der Waals surface area contributed by atoms with Gasteiger partial charge in [-0.15, -0.1) is 11.8 Å². The monoisotopic (exact) mass is 1260 g/mol. The molecular formula is C58H93N19O11S. The van der Waals surface area contributed by atoms with E-state index in [0.29, 0.717) is 74.7 Å². The minimum Gasteiger partial charge on any atom is -0.466 e. The summed E-state index contributed by atoms with van der Waals surface area (Å²) in [6, 6.07) is 2.44. The van der Waals surface area contributed by atoms with Crippen LogP contribution in [0.3, 0.4) is 0 Å². The van der Waals surface area contributed by atoms with Crippen LogP contribution in [-0.4, -0.2) is 177 Å². The maximum absolute atomic E-state index is 14.2. The lowest BCUT2D eigenvalue weighted by Gasteiger charge is -2.30. The van der Waals surface area contributed by atoms with Gasteiger partial charge in [-0.3, -0.25) is 57.8 Å². The number of hydrogen-bond donors (Lipinski definition) is 13. The lowest BCUT2D eigenvalue weighted by Crippen LogP contribution is -2.61. The van der Waals surface area contributed by atoms with Crippen LogP contribution in [0, 0.1) is 11.8 Å². The van der Waals surface area contributed by atoms with Crippen molar-refractivity contribution in [2.24, 2.45) is 45.5 Å². The number of thioether (sulfide) groups is 1. The van der Waals surface area contributed by atoms with Crippen LogP contribution in [0.5, 0.6) is 0 Å². The van der Waals surface area contributed by atoms with Crippen molar-refractivity contribution >= 4 is 99.8 Å². The van der Waals surface area contributed by atoms with Gasteiger partial charge in [0.2, 0.25) is 59.1 Å². The summed E-state index contributed by atoms with van der Waals surface area (Å²) in [4.78, 5) is 153. The molecular weight excluding hydrogens is 1170 g/mol. The van der Waals surface area contributed by atoms with Crippen molar-refractivity contribution < 1.29 is 52.7 Å². The van der Waals surface area contributed by atoms with Gasteiger partial charge >= 0.3 is 5.97 Å². The van der Waals surface area contributed by atoms with Crippen molar-refractivity contribution in [1.82, 2.24) is 56.3 Å². The van der Waals surface area contributed by atoms with E-state index in [2.05, 4.69) is 57.5 Å². The van der Waals surface area contributed by atoms with Gasteiger partial charge in [-0.05, 0) is 82.7 Å². The van der Waals surface area contributed by atoms with Gasteiger partial charge in [0.05, 0.1) is 30.6 Å². The van der Waals surface area contributed by atoms with Crippen molar-refractivity contribution in [3.05, 3.63) is 42.2 Å². The SMILES string of the molecule is CCC(C)[C@H](NC(=O)[C@H](CCCCN)NC(=O)[C@@H](NC(=O)[C@H](CCC(N)=O)NC(=O)[C@H](CCCN=C(N)N)NC(=O)[C@@H](N)CSC1CC(=O)N(CCC(=O)OCCCNc2nc(NCc3ccccc3)c3ncn(C(C)C)c3n2)C1=O)C(C)CC)C(=O)NC. The molecule has 89 heavy (non-hydrogen) atoms. The number of anilines is 2. The smallest absolute Gasteiger partial charge is 0.307 e. The first-order valence-electron chi connectivity index (χ1n) is 30.3. The number of aromatic nitrogens is 4. The van der Waals surface area contributed by atoms with E-state index in [1.807, 2.05) is 55.7 Å². The molecule has 3 aromatic rings. The molecule has 1 aliphatic rings. The Balaban J connectivity index is 1.35. The molecule has 0 saturated carbocycles. The number of rotatable bonds is 41. The third-order valence-corrected chi connectivity index (χ3v) is 16.3. The van der Waals surface area contributed by atoms with E-state index in [9.17, 15) is 47.9 Å². The van der Waals surface area contributed by atoms with Crippen LogP contribution in [0.1, 0.15) is 130 Å². The molecule has 492 valence electrons. The Morgan fingerprint density at radius 2 is 1.35 bits per heavy atom. The highest BCUT2D eigenvalue weighted by Crippen LogP contribution is 2.27. The molecule has 0 aliphatic carbocycles. The van der Waals surface area contributed by atoms with Crippen LogP contribution >= 0.6 is 11.8 Å². The summed E-state index contributed by atoms with van der Waals surface area (Å²) in [5, 5.41) is 21.6. The predicted molar refractivity (Wildman–Crippen MR) is 338 cm³/mol. The first kappa shape index (κ1) is 73.3. The second-order valence-electron chi connectivity index (χ2n) is 22.2. The number of nitrogens with two attached hydrogens (primary N) is 5. The van der Waals surface area contributed by atoms with E-state index in [1.165, 1.54) is 7.05 Å². The topological polar surface area (TPSA) is 465 Å². The second kappa shape index (κ2) is 37.6. The fourth-order valence-corrected chi connectivity index (χ4v) is 10.4. The van der Waals surface area contributed by atoms with E-state index in [-0.39, 0.29) is 88.3 Å². The fourth-order valence-electron chi connectivity index (χ4n) is 9.29. The van der Waals surface area contributed by atoms with Crippen molar-refractivity contribution in [3.63, 3.8) is 0 Å². The zero-order valence-electron chi connectivity index (χ0n) is 52.1. The van der Waals surface area contributed by atoms with Gasteiger partial charge < -0.3 is 80.5 Å². The summed E-state index contributed by atoms with van der Waals surface area (Å²) in [6.45, 7) is 12.2.